The number of imidazole rings is 1. The van der Waals surface area contributed by atoms with Gasteiger partial charge in [0.25, 0.3) is 5.91 Å². The molecule has 0 aliphatic carbocycles. The molecule has 0 unspecified atom stereocenters. The number of aryl methyl sites for hydroxylation is 1. The van der Waals surface area contributed by atoms with Crippen molar-refractivity contribution in [1.29, 1.82) is 0 Å². The van der Waals surface area contributed by atoms with Crippen LogP contribution in [0.5, 0.6) is 0 Å². The molecule has 0 saturated carbocycles. The number of rotatable bonds is 23. The molecule has 2 aromatic heterocycles. The number of aliphatic carboxylic acids is 1. The van der Waals surface area contributed by atoms with Crippen molar-refractivity contribution in [3.63, 3.8) is 0 Å². The van der Waals surface area contributed by atoms with E-state index in [2.05, 4.69) is 49.8 Å². The summed E-state index contributed by atoms with van der Waals surface area (Å²) in [5, 5.41) is 34.5. The van der Waals surface area contributed by atoms with Crippen molar-refractivity contribution in [2.24, 2.45) is 5.73 Å². The number of carboxylic acids is 1. The van der Waals surface area contributed by atoms with Gasteiger partial charge in [0.15, 0.2) is 5.95 Å². The molecule has 2 atom stereocenters. The highest BCUT2D eigenvalue weighted by atomic mass is 32.2. The highest BCUT2D eigenvalue weighted by Gasteiger charge is 2.26. The second-order valence-corrected chi connectivity index (χ2v) is 16.5. The number of aromatic nitrogens is 4. The van der Waals surface area contributed by atoms with Gasteiger partial charge in [-0.05, 0) is 60.0 Å². The number of hydrogen-bond acceptors (Lipinski definition) is 15. The van der Waals surface area contributed by atoms with Crippen LogP contribution in [0.1, 0.15) is 16.8 Å². The average molecular weight is 861 g/mol. The lowest BCUT2D eigenvalue weighted by atomic mass is 10.1. The first-order chi connectivity index (χ1) is 27.8. The Morgan fingerprint density at radius 3 is 2.24 bits per heavy atom. The van der Waals surface area contributed by atoms with E-state index in [4.69, 9.17) is 11.0 Å². The van der Waals surface area contributed by atoms with Gasteiger partial charge in [0.05, 0.1) is 27.5 Å². The molecule has 0 aliphatic rings. The number of carboxylic acid groups (broad SMARTS) is 1. The predicted molar refractivity (Wildman–Crippen MR) is 211 cm³/mol. The monoisotopic (exact) mass is 860 g/mol. The first-order valence-electron chi connectivity index (χ1n) is 17.3. The summed E-state index contributed by atoms with van der Waals surface area (Å²) in [4.78, 5) is 43.7. The lowest BCUT2D eigenvalue weighted by Crippen LogP contribution is -2.48. The summed E-state index contributed by atoms with van der Waals surface area (Å²) in [6.07, 6.45) is 5.74. The Hall–Kier alpha value is -5.44. The summed E-state index contributed by atoms with van der Waals surface area (Å²) in [5.74, 6) is -2.05. The van der Waals surface area contributed by atoms with E-state index in [1.165, 1.54) is 48.5 Å². The molecule has 10 N–H and O–H groups in total. The average Bonchev–Trinajstić information content (AvgIpc) is 3.89. The van der Waals surface area contributed by atoms with Crippen molar-refractivity contribution < 1.29 is 51.0 Å². The number of nitrogens with zero attached hydrogens (tertiary/aromatic N) is 3. The van der Waals surface area contributed by atoms with Gasteiger partial charge in [0.1, 0.15) is 6.04 Å². The van der Waals surface area contributed by atoms with E-state index in [0.717, 1.165) is 11.9 Å². The van der Waals surface area contributed by atoms with Gasteiger partial charge in [-0.15, -0.1) is 4.33 Å². The number of fused-ring (bicyclic) bond motifs is 1. The van der Waals surface area contributed by atoms with Gasteiger partial charge in [0, 0.05) is 73.9 Å². The highest BCUT2D eigenvalue weighted by molar-refractivity contribution is 7.94. The number of H-pyrrole nitrogens is 1. The molecule has 24 heteroatoms. The molecule has 5 aromatic rings. The largest absolute Gasteiger partial charge is 0.480 e. The van der Waals surface area contributed by atoms with E-state index in [-0.39, 0.29) is 34.2 Å². The standard InChI is InChI=1S/C34H40N10O11S3/c35-28(21-56-55-54-49)32(46)36-15-16-42-57(50,51)26-7-2-22(3-8-26)23-4-9-27(10-5-23)58(52,53)43-29(33(47)48)20-40-31(45)24-6-11-30-25(18-24)19-41-44(30)17-1-12-37-34-38-13-14-39-34/h2-11,13-14,18-19,28-29,42-43,49H,1,12,15-17,20-21,35H2,(H,36,46)(H,40,45)(H,47,48)(H2,37,38,39)/t28-,29-/m0/s1. The Labute approximate surface area is 336 Å². The summed E-state index contributed by atoms with van der Waals surface area (Å²) in [7, 11) is -8.32. The van der Waals surface area contributed by atoms with Crippen LogP contribution in [0.3, 0.4) is 0 Å². The summed E-state index contributed by atoms with van der Waals surface area (Å²) in [5.41, 5.74) is 7.77. The Balaban J connectivity index is 1.11. The minimum Gasteiger partial charge on any atom is -0.480 e. The zero-order valence-electron chi connectivity index (χ0n) is 30.4. The number of anilines is 1. The van der Waals surface area contributed by atoms with Gasteiger partial charge >= 0.3 is 5.97 Å². The quantitative estimate of drug-likeness (QED) is 0.0191. The van der Waals surface area contributed by atoms with Crippen LogP contribution in [-0.2, 0) is 45.6 Å². The molecule has 0 saturated heterocycles. The normalized spacial score (nSPS) is 12.9. The molecule has 0 fully saturated rings. The molecule has 21 nitrogen and oxygen atoms in total. The molecule has 5 rings (SSSR count). The molecule has 0 bridgehead atoms. The van der Waals surface area contributed by atoms with Crippen molar-refractivity contribution in [3.05, 3.63) is 90.9 Å². The predicted octanol–water partition coefficient (Wildman–Crippen LogP) is 0.881. The second-order valence-electron chi connectivity index (χ2n) is 12.4. The van der Waals surface area contributed by atoms with Crippen LogP contribution in [0.25, 0.3) is 22.0 Å². The van der Waals surface area contributed by atoms with Crippen molar-refractivity contribution in [3.8, 4) is 11.1 Å². The Bertz CT molecular complexity index is 2380. The smallest absolute Gasteiger partial charge is 0.323 e. The number of sulfonamides is 2. The Morgan fingerprint density at radius 1 is 0.914 bits per heavy atom. The van der Waals surface area contributed by atoms with Crippen molar-refractivity contribution in [2.45, 2.75) is 34.8 Å². The van der Waals surface area contributed by atoms with E-state index >= 15 is 0 Å². The number of carbonyl (C=O) groups is 3. The third-order valence-corrected chi connectivity index (χ3v) is 12.0. The van der Waals surface area contributed by atoms with E-state index in [0.29, 0.717) is 47.6 Å². The molecule has 2 heterocycles. The van der Waals surface area contributed by atoms with Gasteiger partial charge in [-0.2, -0.15) is 9.82 Å². The highest BCUT2D eigenvalue weighted by Crippen LogP contribution is 2.23. The molecule has 3 aromatic carbocycles. The Kier molecular flexibility index (Phi) is 15.3. The third kappa shape index (κ3) is 12.0. The van der Waals surface area contributed by atoms with Crippen LogP contribution in [0.2, 0.25) is 0 Å². The van der Waals surface area contributed by atoms with Crippen molar-refractivity contribution in [1.82, 2.24) is 39.8 Å². The van der Waals surface area contributed by atoms with Crippen LogP contribution in [0, 0.1) is 0 Å². The number of amides is 2. The SMILES string of the molecule is N[C@@H](CSOOO)C(=O)NCCNS(=O)(=O)c1ccc(-c2ccc(S(=O)(=O)N[C@@H](CNC(=O)c3ccc4c(cnn4CCCNc4ncc[nH]4)c3)C(=O)O)cc2)cc1. The fourth-order valence-electron chi connectivity index (χ4n) is 5.37. The molecule has 2 amide bonds. The lowest BCUT2D eigenvalue weighted by molar-refractivity contribution is -0.432. The first kappa shape index (κ1) is 43.7. The molecule has 0 aliphatic heterocycles. The zero-order valence-corrected chi connectivity index (χ0v) is 32.8. The minimum absolute atomic E-state index is 0.0331. The topological polar surface area (TPSA) is 311 Å². The van der Waals surface area contributed by atoms with Gasteiger partial charge in [-0.3, -0.25) is 19.1 Å². The van der Waals surface area contributed by atoms with E-state index in [1.54, 1.807) is 41.5 Å². The number of hydrogen-bond donors (Lipinski definition) is 9. The number of carbonyl (C=O) groups excluding carboxylic acids is 2. The van der Waals surface area contributed by atoms with Crippen molar-refractivity contribution >= 4 is 66.7 Å². The van der Waals surface area contributed by atoms with Gasteiger partial charge in [-0.25, -0.2) is 31.8 Å². The maximum Gasteiger partial charge on any atom is 0.323 e. The van der Waals surface area contributed by atoms with Gasteiger partial charge in [0.2, 0.25) is 26.0 Å². The van der Waals surface area contributed by atoms with Crippen LogP contribution < -0.4 is 31.1 Å². The summed E-state index contributed by atoms with van der Waals surface area (Å²) >= 11 is 0.604. The fraction of sp³-hybridized carbons (Fsp3) is 0.265. The maximum atomic E-state index is 13.2. The fourth-order valence-corrected chi connectivity index (χ4v) is 7.99. The summed E-state index contributed by atoms with van der Waals surface area (Å²) in [6.45, 7) is 0.525. The maximum absolute atomic E-state index is 13.2. The molecule has 310 valence electrons. The van der Waals surface area contributed by atoms with Gasteiger partial charge < -0.3 is 31.8 Å². The third-order valence-electron chi connectivity index (χ3n) is 8.35. The van der Waals surface area contributed by atoms with Crippen LogP contribution in [0.4, 0.5) is 5.95 Å². The van der Waals surface area contributed by atoms with Crippen LogP contribution >= 0.6 is 12.0 Å². The second kappa shape index (κ2) is 20.3. The summed E-state index contributed by atoms with van der Waals surface area (Å²) < 4.78 is 62.3. The molecule has 0 radical (unpaired) electrons. The number of aromatic amines is 1. The zero-order chi connectivity index (χ0) is 41.7. The van der Waals surface area contributed by atoms with Crippen LogP contribution in [0.15, 0.2) is 95.1 Å². The molecular weight excluding hydrogens is 821 g/mol. The lowest BCUT2D eigenvalue weighted by Gasteiger charge is -2.16. The summed E-state index contributed by atoms with van der Waals surface area (Å²) in [6, 6.07) is 13.4. The molecule has 0 spiro atoms. The molecule has 58 heavy (non-hydrogen) atoms. The van der Waals surface area contributed by atoms with Gasteiger partial charge in [-0.1, -0.05) is 29.3 Å². The molecular formula is C34H40N10O11S3. The number of nitrogens with two attached hydrogens (primary N) is 1. The van der Waals surface area contributed by atoms with E-state index < -0.39 is 56.5 Å². The minimum atomic E-state index is -4.36. The van der Waals surface area contributed by atoms with Crippen LogP contribution in [-0.4, -0.2) is 109 Å². The van der Waals surface area contributed by atoms with E-state index in [9.17, 15) is 36.3 Å². The number of nitrogens with one attached hydrogen (secondary N) is 6. The first-order valence-corrected chi connectivity index (χ1v) is 21.2. The Morgan fingerprint density at radius 2 is 1.60 bits per heavy atom. The van der Waals surface area contributed by atoms with Crippen molar-refractivity contribution in [2.75, 3.05) is 37.2 Å². The van der Waals surface area contributed by atoms with E-state index in [1.807, 2.05) is 0 Å². The number of benzene rings is 3.